The summed E-state index contributed by atoms with van der Waals surface area (Å²) in [4.78, 5) is 0. The number of nitrogens with two attached hydrogens (primary N) is 2. The molecule has 3 nitrogen and oxygen atoms in total. The van der Waals surface area contributed by atoms with E-state index in [-0.39, 0.29) is 0 Å². The van der Waals surface area contributed by atoms with E-state index in [0.717, 1.165) is 24.8 Å². The lowest BCUT2D eigenvalue weighted by molar-refractivity contribution is -0.692. The Kier molecular flexibility index (Phi) is 5.49. The Labute approximate surface area is 110 Å². The van der Waals surface area contributed by atoms with E-state index in [2.05, 4.69) is 28.8 Å². The van der Waals surface area contributed by atoms with Crippen LogP contribution < -0.4 is 15.4 Å². The Morgan fingerprint density at radius 2 is 2.06 bits per heavy atom. The highest BCUT2D eigenvalue weighted by molar-refractivity contribution is 5.32. The quantitative estimate of drug-likeness (QED) is 0.740. The predicted octanol–water partition coefficient (Wildman–Crippen LogP) is 0.122. The Morgan fingerprint density at radius 1 is 1.28 bits per heavy atom. The van der Waals surface area contributed by atoms with Crippen molar-refractivity contribution in [1.82, 2.24) is 0 Å². The van der Waals surface area contributed by atoms with Crippen molar-refractivity contribution in [1.29, 1.82) is 0 Å². The van der Waals surface area contributed by atoms with Gasteiger partial charge in [0, 0.05) is 24.3 Å². The van der Waals surface area contributed by atoms with E-state index in [4.69, 9.17) is 4.74 Å². The number of benzene rings is 1. The molecule has 18 heavy (non-hydrogen) atoms. The minimum atomic E-state index is 0.746. The maximum Gasteiger partial charge on any atom is 0.128 e. The smallest absolute Gasteiger partial charge is 0.128 e. The van der Waals surface area contributed by atoms with Crippen molar-refractivity contribution < 1.29 is 15.4 Å². The van der Waals surface area contributed by atoms with Crippen molar-refractivity contribution >= 4 is 0 Å². The number of rotatable bonds is 6. The highest BCUT2D eigenvalue weighted by Crippen LogP contribution is 2.16. The normalized spacial score (nSPS) is 16.7. The molecule has 0 amide bonds. The first kappa shape index (κ1) is 13.4. The second-order valence-electron chi connectivity index (χ2n) is 5.08. The molecule has 0 atom stereocenters. The van der Waals surface area contributed by atoms with Crippen molar-refractivity contribution in [2.75, 3.05) is 26.2 Å². The second-order valence-corrected chi connectivity index (χ2v) is 5.08. The number of ether oxygens (including phenoxy) is 1. The monoisotopic (exact) mass is 250 g/mol. The maximum atomic E-state index is 5.65. The molecule has 1 fully saturated rings. The van der Waals surface area contributed by atoms with Crippen LogP contribution in [0.3, 0.4) is 0 Å². The summed E-state index contributed by atoms with van der Waals surface area (Å²) in [5, 5.41) is 4.87. The molecule has 1 saturated heterocycles. The summed E-state index contributed by atoms with van der Waals surface area (Å²) in [6, 6.07) is 8.39. The molecule has 1 aliphatic heterocycles. The molecule has 0 aromatic heterocycles. The molecule has 1 aromatic carbocycles. The molecule has 0 radical (unpaired) electrons. The molecule has 100 valence electrons. The van der Waals surface area contributed by atoms with Gasteiger partial charge in [0.1, 0.15) is 12.3 Å². The SMILES string of the molecule is CCOc1ccccc1C[NH2+]CC1CC[NH2+]CC1. The fourth-order valence-corrected chi connectivity index (χ4v) is 2.67. The van der Waals surface area contributed by atoms with Gasteiger partial charge in [-0.1, -0.05) is 12.1 Å². The van der Waals surface area contributed by atoms with Crippen molar-refractivity contribution in [2.45, 2.75) is 26.3 Å². The number of quaternary nitrogens is 2. The molecule has 1 heterocycles. The van der Waals surface area contributed by atoms with Crippen LogP contribution in [0, 0.1) is 5.92 Å². The first-order chi connectivity index (χ1) is 8.90. The molecule has 0 unspecified atom stereocenters. The summed E-state index contributed by atoms with van der Waals surface area (Å²) >= 11 is 0. The largest absolute Gasteiger partial charge is 0.493 e. The topological polar surface area (TPSA) is 42.5 Å². The van der Waals surface area contributed by atoms with Gasteiger partial charge in [-0.3, -0.25) is 0 Å². The molecular formula is C15H26N2O+2. The average molecular weight is 250 g/mol. The minimum Gasteiger partial charge on any atom is -0.493 e. The second kappa shape index (κ2) is 7.39. The van der Waals surface area contributed by atoms with E-state index in [9.17, 15) is 0 Å². The lowest BCUT2D eigenvalue weighted by atomic mass is 9.98. The Morgan fingerprint density at radius 3 is 2.83 bits per heavy atom. The van der Waals surface area contributed by atoms with E-state index >= 15 is 0 Å². The van der Waals surface area contributed by atoms with Crippen LogP contribution in [0.25, 0.3) is 0 Å². The highest BCUT2D eigenvalue weighted by Gasteiger charge is 2.17. The van der Waals surface area contributed by atoms with E-state index in [1.807, 2.05) is 13.0 Å². The van der Waals surface area contributed by atoms with Crippen LogP contribution in [0.5, 0.6) is 5.75 Å². The van der Waals surface area contributed by atoms with E-state index in [1.165, 1.54) is 38.0 Å². The molecule has 0 bridgehead atoms. The van der Waals surface area contributed by atoms with E-state index in [0.29, 0.717) is 0 Å². The standard InChI is InChI=1S/C15H24N2O/c1-2-18-15-6-4-3-5-14(15)12-17-11-13-7-9-16-10-8-13/h3-6,13,16-17H,2,7-12H2,1H3/p+2. The van der Waals surface area contributed by atoms with Gasteiger partial charge in [-0.15, -0.1) is 0 Å². The highest BCUT2D eigenvalue weighted by atomic mass is 16.5. The first-order valence-electron chi connectivity index (χ1n) is 7.24. The number of para-hydroxylation sites is 1. The lowest BCUT2D eigenvalue weighted by Gasteiger charge is -2.19. The minimum absolute atomic E-state index is 0.746. The van der Waals surface area contributed by atoms with Crippen LogP contribution in [0.2, 0.25) is 0 Å². The molecule has 0 saturated carbocycles. The molecule has 0 spiro atoms. The average Bonchev–Trinajstić information content (AvgIpc) is 2.42. The lowest BCUT2D eigenvalue weighted by Crippen LogP contribution is -2.89. The number of hydrogen-bond acceptors (Lipinski definition) is 1. The van der Waals surface area contributed by atoms with Gasteiger partial charge in [0.05, 0.1) is 26.2 Å². The van der Waals surface area contributed by atoms with Crippen LogP contribution >= 0.6 is 0 Å². The van der Waals surface area contributed by atoms with Gasteiger partial charge < -0.3 is 15.4 Å². The number of hydrogen-bond donors (Lipinski definition) is 2. The molecular weight excluding hydrogens is 224 g/mol. The Hall–Kier alpha value is -1.06. The summed E-state index contributed by atoms with van der Waals surface area (Å²) in [5.41, 5.74) is 1.32. The molecule has 1 aliphatic rings. The van der Waals surface area contributed by atoms with Gasteiger partial charge in [0.2, 0.25) is 0 Å². The summed E-state index contributed by atoms with van der Waals surface area (Å²) in [6.07, 6.45) is 2.76. The predicted molar refractivity (Wildman–Crippen MR) is 72.5 cm³/mol. The molecule has 4 N–H and O–H groups in total. The third kappa shape index (κ3) is 4.00. The summed E-state index contributed by atoms with van der Waals surface area (Å²) in [6.45, 7) is 7.71. The fourth-order valence-electron chi connectivity index (χ4n) is 2.67. The van der Waals surface area contributed by atoms with Crippen LogP contribution in [0.4, 0.5) is 0 Å². The summed E-state index contributed by atoms with van der Waals surface area (Å²) < 4.78 is 5.65. The molecule has 2 rings (SSSR count). The number of piperidine rings is 1. The zero-order valence-corrected chi connectivity index (χ0v) is 11.4. The van der Waals surface area contributed by atoms with Crippen molar-refractivity contribution in [2.24, 2.45) is 5.92 Å². The third-order valence-corrected chi connectivity index (χ3v) is 3.69. The van der Waals surface area contributed by atoms with Gasteiger partial charge >= 0.3 is 0 Å². The van der Waals surface area contributed by atoms with Crippen LogP contribution in [-0.2, 0) is 6.54 Å². The fraction of sp³-hybridized carbons (Fsp3) is 0.600. The van der Waals surface area contributed by atoms with Gasteiger partial charge in [0.15, 0.2) is 0 Å². The zero-order chi connectivity index (χ0) is 12.6. The summed E-state index contributed by atoms with van der Waals surface area (Å²) in [7, 11) is 0. The third-order valence-electron chi connectivity index (χ3n) is 3.69. The van der Waals surface area contributed by atoms with E-state index < -0.39 is 0 Å². The maximum absolute atomic E-state index is 5.65. The van der Waals surface area contributed by atoms with Gasteiger partial charge in [0.25, 0.3) is 0 Å². The van der Waals surface area contributed by atoms with Crippen LogP contribution in [0.15, 0.2) is 24.3 Å². The Balaban J connectivity index is 1.78. The van der Waals surface area contributed by atoms with Crippen LogP contribution in [0.1, 0.15) is 25.3 Å². The van der Waals surface area contributed by atoms with Crippen molar-refractivity contribution in [3.63, 3.8) is 0 Å². The molecule has 1 aromatic rings. The van der Waals surface area contributed by atoms with Gasteiger partial charge in [-0.25, -0.2) is 0 Å². The first-order valence-corrected chi connectivity index (χ1v) is 7.24. The molecule has 0 aliphatic carbocycles. The molecule has 3 heteroatoms. The zero-order valence-electron chi connectivity index (χ0n) is 11.4. The van der Waals surface area contributed by atoms with Crippen LogP contribution in [-0.4, -0.2) is 26.2 Å². The Bertz CT molecular complexity index is 348. The van der Waals surface area contributed by atoms with Gasteiger partial charge in [-0.05, 0) is 19.1 Å². The van der Waals surface area contributed by atoms with E-state index in [1.54, 1.807) is 0 Å². The van der Waals surface area contributed by atoms with Crippen molar-refractivity contribution in [3.8, 4) is 5.75 Å². The van der Waals surface area contributed by atoms with Gasteiger partial charge in [-0.2, -0.15) is 0 Å². The summed E-state index contributed by atoms with van der Waals surface area (Å²) in [5.74, 6) is 1.96. The van der Waals surface area contributed by atoms with Crippen molar-refractivity contribution in [3.05, 3.63) is 29.8 Å².